The Morgan fingerprint density at radius 2 is 1.90 bits per heavy atom. The number of carbonyl (C=O) groups excluding carboxylic acids is 1. The van der Waals surface area contributed by atoms with Gasteiger partial charge in [-0.2, -0.15) is 0 Å². The highest BCUT2D eigenvalue weighted by atomic mass is 35.5. The zero-order valence-corrected chi connectivity index (χ0v) is 13.3. The number of anilines is 1. The maximum absolute atomic E-state index is 12.4. The standard InChI is InChI=1S/C15H14Cl2N2O2/c1-8-7-9(2)19(3)15(21)12(8)14(20)18-11-6-4-5-10(16)13(11)17/h4-7H,1-3H3,(H,18,20). The summed E-state index contributed by atoms with van der Waals surface area (Å²) in [4.78, 5) is 24.6. The van der Waals surface area contributed by atoms with Crippen molar-refractivity contribution in [2.45, 2.75) is 13.8 Å². The molecule has 110 valence electrons. The number of aromatic nitrogens is 1. The normalized spacial score (nSPS) is 10.5. The van der Waals surface area contributed by atoms with Gasteiger partial charge >= 0.3 is 0 Å². The monoisotopic (exact) mass is 324 g/mol. The third kappa shape index (κ3) is 2.96. The predicted molar refractivity (Wildman–Crippen MR) is 85.6 cm³/mol. The number of nitrogens with zero attached hydrogens (tertiary/aromatic N) is 1. The maximum Gasteiger partial charge on any atom is 0.263 e. The molecule has 1 heterocycles. The Morgan fingerprint density at radius 1 is 1.24 bits per heavy atom. The van der Waals surface area contributed by atoms with E-state index in [1.807, 2.05) is 6.92 Å². The van der Waals surface area contributed by atoms with Gasteiger partial charge in [0, 0.05) is 12.7 Å². The van der Waals surface area contributed by atoms with Crippen LogP contribution in [0.5, 0.6) is 0 Å². The highest BCUT2D eigenvalue weighted by Crippen LogP contribution is 2.29. The van der Waals surface area contributed by atoms with Crippen LogP contribution in [0.3, 0.4) is 0 Å². The summed E-state index contributed by atoms with van der Waals surface area (Å²) in [7, 11) is 1.63. The lowest BCUT2D eigenvalue weighted by Crippen LogP contribution is -2.30. The number of pyridine rings is 1. The number of halogens is 2. The molecule has 1 amide bonds. The molecule has 2 rings (SSSR count). The van der Waals surface area contributed by atoms with Crippen molar-refractivity contribution in [3.05, 3.63) is 61.5 Å². The van der Waals surface area contributed by atoms with Gasteiger partial charge < -0.3 is 9.88 Å². The van der Waals surface area contributed by atoms with Crippen LogP contribution in [0, 0.1) is 13.8 Å². The van der Waals surface area contributed by atoms with E-state index >= 15 is 0 Å². The molecule has 1 N–H and O–H groups in total. The Bertz CT molecular complexity index is 782. The molecule has 0 radical (unpaired) electrons. The molecule has 0 saturated heterocycles. The number of benzene rings is 1. The van der Waals surface area contributed by atoms with Gasteiger partial charge in [0.05, 0.1) is 15.7 Å². The van der Waals surface area contributed by atoms with E-state index < -0.39 is 5.91 Å². The minimum Gasteiger partial charge on any atom is -0.320 e. The summed E-state index contributed by atoms with van der Waals surface area (Å²) in [5, 5.41) is 3.21. The van der Waals surface area contributed by atoms with E-state index in [-0.39, 0.29) is 16.1 Å². The third-order valence-corrected chi connectivity index (χ3v) is 4.11. The van der Waals surface area contributed by atoms with Gasteiger partial charge in [-0.25, -0.2) is 0 Å². The number of carbonyl (C=O) groups is 1. The van der Waals surface area contributed by atoms with Gasteiger partial charge in [-0.1, -0.05) is 29.3 Å². The molecule has 0 atom stereocenters. The number of rotatable bonds is 2. The molecule has 1 aromatic heterocycles. The zero-order valence-electron chi connectivity index (χ0n) is 11.8. The predicted octanol–water partition coefficient (Wildman–Crippen LogP) is 3.56. The number of hydrogen-bond acceptors (Lipinski definition) is 2. The average molecular weight is 325 g/mol. The third-order valence-electron chi connectivity index (χ3n) is 3.29. The Kier molecular flexibility index (Phi) is 4.40. The number of nitrogens with one attached hydrogen (secondary N) is 1. The first-order valence-electron chi connectivity index (χ1n) is 6.25. The van der Waals surface area contributed by atoms with Crippen LogP contribution in [-0.4, -0.2) is 10.5 Å². The Hall–Kier alpha value is -1.78. The van der Waals surface area contributed by atoms with Crippen molar-refractivity contribution >= 4 is 34.8 Å². The van der Waals surface area contributed by atoms with E-state index in [9.17, 15) is 9.59 Å². The second-order valence-electron chi connectivity index (χ2n) is 4.76. The minimum atomic E-state index is -0.503. The average Bonchev–Trinajstić information content (AvgIpc) is 2.41. The first kappa shape index (κ1) is 15.6. The minimum absolute atomic E-state index is 0.0964. The molecule has 0 spiro atoms. The Balaban J connectivity index is 2.45. The summed E-state index contributed by atoms with van der Waals surface area (Å²) in [5.41, 5.74) is 1.53. The van der Waals surface area contributed by atoms with Crippen LogP contribution in [0.2, 0.25) is 10.0 Å². The van der Waals surface area contributed by atoms with Crippen molar-refractivity contribution in [2.75, 3.05) is 5.32 Å². The van der Waals surface area contributed by atoms with E-state index in [0.29, 0.717) is 16.3 Å². The van der Waals surface area contributed by atoms with Crippen molar-refractivity contribution < 1.29 is 4.79 Å². The molecular weight excluding hydrogens is 311 g/mol. The highest BCUT2D eigenvalue weighted by molar-refractivity contribution is 6.44. The Morgan fingerprint density at radius 3 is 2.57 bits per heavy atom. The van der Waals surface area contributed by atoms with Crippen molar-refractivity contribution in [2.24, 2.45) is 7.05 Å². The van der Waals surface area contributed by atoms with E-state index in [4.69, 9.17) is 23.2 Å². The molecule has 0 unspecified atom stereocenters. The first-order chi connectivity index (χ1) is 9.82. The molecule has 21 heavy (non-hydrogen) atoms. The van der Waals surface area contributed by atoms with E-state index in [0.717, 1.165) is 5.69 Å². The zero-order chi connectivity index (χ0) is 15.7. The molecule has 0 fully saturated rings. The van der Waals surface area contributed by atoms with Crippen LogP contribution in [0.15, 0.2) is 29.1 Å². The molecule has 2 aromatic rings. The summed E-state index contributed by atoms with van der Waals surface area (Å²) in [6, 6.07) is 6.70. The lowest BCUT2D eigenvalue weighted by molar-refractivity contribution is 0.102. The fourth-order valence-corrected chi connectivity index (χ4v) is 2.39. The largest absolute Gasteiger partial charge is 0.320 e. The smallest absolute Gasteiger partial charge is 0.263 e. The van der Waals surface area contributed by atoms with Crippen LogP contribution in [-0.2, 0) is 7.05 Å². The van der Waals surface area contributed by atoms with Crippen LogP contribution in [0.25, 0.3) is 0 Å². The van der Waals surface area contributed by atoms with Crippen LogP contribution < -0.4 is 10.9 Å². The summed E-state index contributed by atoms with van der Waals surface area (Å²) in [6.07, 6.45) is 0. The molecule has 0 bridgehead atoms. The number of aryl methyl sites for hydroxylation is 2. The van der Waals surface area contributed by atoms with Gasteiger partial charge in [0.2, 0.25) is 0 Å². The van der Waals surface area contributed by atoms with Gasteiger partial charge in [0.1, 0.15) is 5.56 Å². The molecule has 0 aliphatic heterocycles. The molecule has 4 nitrogen and oxygen atoms in total. The lowest BCUT2D eigenvalue weighted by Gasteiger charge is -2.12. The highest BCUT2D eigenvalue weighted by Gasteiger charge is 2.17. The molecule has 6 heteroatoms. The molecule has 1 aromatic carbocycles. The molecule has 0 aliphatic rings. The fraction of sp³-hybridized carbons (Fsp3) is 0.200. The van der Waals surface area contributed by atoms with Gasteiger partial charge in [-0.3, -0.25) is 9.59 Å². The van der Waals surface area contributed by atoms with Crippen molar-refractivity contribution in [1.29, 1.82) is 0 Å². The van der Waals surface area contributed by atoms with Crippen LogP contribution in [0.4, 0.5) is 5.69 Å². The van der Waals surface area contributed by atoms with Gasteiger partial charge in [-0.15, -0.1) is 0 Å². The van der Waals surface area contributed by atoms with Crippen molar-refractivity contribution in [3.63, 3.8) is 0 Å². The summed E-state index contributed by atoms with van der Waals surface area (Å²) in [5.74, 6) is -0.503. The van der Waals surface area contributed by atoms with Crippen molar-refractivity contribution in [3.8, 4) is 0 Å². The summed E-state index contributed by atoms with van der Waals surface area (Å²) in [6.45, 7) is 3.53. The molecule has 0 aliphatic carbocycles. The van der Waals surface area contributed by atoms with Crippen molar-refractivity contribution in [1.82, 2.24) is 4.57 Å². The summed E-state index contributed by atoms with van der Waals surface area (Å²) >= 11 is 11.9. The number of amides is 1. The van der Waals surface area contributed by atoms with Gasteiger partial charge in [0.25, 0.3) is 11.5 Å². The fourth-order valence-electron chi connectivity index (χ4n) is 2.04. The van der Waals surface area contributed by atoms with Gasteiger partial charge in [0.15, 0.2) is 0 Å². The second kappa shape index (κ2) is 5.92. The molecule has 0 saturated carbocycles. The summed E-state index contributed by atoms with van der Waals surface area (Å²) < 4.78 is 1.43. The molecular formula is C15H14Cl2N2O2. The Labute approximate surface area is 132 Å². The van der Waals surface area contributed by atoms with Crippen LogP contribution >= 0.6 is 23.2 Å². The topological polar surface area (TPSA) is 51.1 Å². The van der Waals surface area contributed by atoms with Crippen LogP contribution in [0.1, 0.15) is 21.6 Å². The SMILES string of the molecule is Cc1cc(C)n(C)c(=O)c1C(=O)Nc1cccc(Cl)c1Cl. The van der Waals surface area contributed by atoms with Gasteiger partial charge in [-0.05, 0) is 37.6 Å². The van der Waals surface area contributed by atoms with E-state index in [2.05, 4.69) is 5.32 Å². The maximum atomic E-state index is 12.4. The number of hydrogen-bond donors (Lipinski definition) is 1. The van der Waals surface area contributed by atoms with E-state index in [1.165, 1.54) is 4.57 Å². The van der Waals surface area contributed by atoms with E-state index in [1.54, 1.807) is 38.2 Å². The second-order valence-corrected chi connectivity index (χ2v) is 5.55. The quantitative estimate of drug-likeness (QED) is 0.918. The first-order valence-corrected chi connectivity index (χ1v) is 7.01. The lowest BCUT2D eigenvalue weighted by atomic mass is 10.1.